The van der Waals surface area contributed by atoms with E-state index in [0.29, 0.717) is 27.8 Å². The normalized spacial score (nSPS) is 13.1. The van der Waals surface area contributed by atoms with Crippen molar-refractivity contribution in [3.63, 3.8) is 0 Å². The number of hydrogen-bond donors (Lipinski definition) is 0. The third kappa shape index (κ3) is 5.28. The molecule has 0 saturated heterocycles. The second kappa shape index (κ2) is 9.42. The van der Waals surface area contributed by atoms with Crippen LogP contribution in [0.2, 0.25) is 0 Å². The van der Waals surface area contributed by atoms with E-state index < -0.39 is 11.7 Å². The molecule has 29 heavy (non-hydrogen) atoms. The Balaban J connectivity index is 2.58. The van der Waals surface area contributed by atoms with Crippen molar-refractivity contribution in [2.45, 2.75) is 33.4 Å². The molecule has 0 aliphatic carbocycles. The van der Waals surface area contributed by atoms with E-state index in [1.807, 2.05) is 21.2 Å². The highest BCUT2D eigenvalue weighted by atomic mass is 127. The van der Waals surface area contributed by atoms with Crippen molar-refractivity contribution in [1.82, 2.24) is 3.97 Å². The summed E-state index contributed by atoms with van der Waals surface area (Å²) in [5.41, 5.74) is 1.96. The summed E-state index contributed by atoms with van der Waals surface area (Å²) in [5.74, 6) is 0.225. The van der Waals surface area contributed by atoms with Crippen LogP contribution >= 0.6 is 30.3 Å². The molecule has 0 N–H and O–H groups in total. The Kier molecular flexibility index (Phi) is 7.67. The molecule has 1 heterocycles. The lowest BCUT2D eigenvalue weighted by molar-refractivity contribution is -0.137. The van der Waals surface area contributed by atoms with Crippen LogP contribution < -0.4 is 0 Å². The average molecular weight is 535 g/mol. The number of aryl methyl sites for hydroxylation is 1. The number of fused-ring (bicyclic) bond motifs is 1. The minimum atomic E-state index is -4.49. The fraction of sp³-hybridized carbons (Fsp3) is 0.286. The van der Waals surface area contributed by atoms with Gasteiger partial charge in [0.1, 0.15) is 5.76 Å². The highest BCUT2D eigenvalue weighted by molar-refractivity contribution is 14.2. The van der Waals surface area contributed by atoms with E-state index in [0.717, 1.165) is 17.7 Å². The molecule has 0 spiro atoms. The Morgan fingerprint density at radius 2 is 2.03 bits per heavy atom. The summed E-state index contributed by atoms with van der Waals surface area (Å²) >= 11 is 2.04. The first-order valence-electron chi connectivity index (χ1n) is 8.65. The van der Waals surface area contributed by atoms with Gasteiger partial charge in [0.05, 0.1) is 18.2 Å². The largest absolute Gasteiger partial charge is 0.496 e. The molecule has 0 aliphatic rings. The van der Waals surface area contributed by atoms with Crippen LogP contribution in [0.25, 0.3) is 10.9 Å². The monoisotopic (exact) mass is 535 g/mol. The van der Waals surface area contributed by atoms with Crippen LogP contribution in [0.1, 0.15) is 41.8 Å². The molecule has 2 aromatic rings. The first-order chi connectivity index (χ1) is 13.5. The van der Waals surface area contributed by atoms with Crippen LogP contribution in [0.4, 0.5) is 13.2 Å². The summed E-state index contributed by atoms with van der Waals surface area (Å²) in [5, 5.41) is 0.296. The van der Waals surface area contributed by atoms with Gasteiger partial charge in [-0.05, 0) is 50.1 Å². The molecule has 3 nitrogen and oxygen atoms in total. The van der Waals surface area contributed by atoms with Gasteiger partial charge >= 0.3 is 6.18 Å². The van der Waals surface area contributed by atoms with Gasteiger partial charge in [0.2, 0.25) is 0 Å². The summed E-state index contributed by atoms with van der Waals surface area (Å²) in [7, 11) is 2.80. The third-order valence-corrected chi connectivity index (χ3v) is 6.08. The Labute approximate surface area is 184 Å². The van der Waals surface area contributed by atoms with Crippen molar-refractivity contribution < 1.29 is 22.7 Å². The summed E-state index contributed by atoms with van der Waals surface area (Å²) in [6.07, 6.45) is 0.595. The lowest BCUT2D eigenvalue weighted by atomic mass is 9.98. The van der Waals surface area contributed by atoms with Crippen molar-refractivity contribution in [3.8, 4) is 0 Å². The number of alkyl halides is 3. The summed E-state index contributed by atoms with van der Waals surface area (Å²) in [4.78, 5) is 13.1. The third-order valence-electron chi connectivity index (χ3n) is 4.37. The molecule has 0 radical (unpaired) electrons. The number of halogens is 4. The number of methoxy groups -OCH3 is 1. The first kappa shape index (κ1) is 23.6. The number of nitrogens with zero attached hydrogens (tertiary/aromatic N) is 1. The molecule has 0 atom stereocenters. The van der Waals surface area contributed by atoms with Gasteiger partial charge in [-0.1, -0.05) is 18.2 Å². The molecule has 1 aromatic heterocycles. The van der Waals surface area contributed by atoms with Crippen molar-refractivity contribution >= 4 is 47.0 Å². The van der Waals surface area contributed by atoms with Gasteiger partial charge < -0.3 is 4.74 Å². The predicted octanol–water partition coefficient (Wildman–Crippen LogP) is 7.44. The van der Waals surface area contributed by atoms with E-state index in [-0.39, 0.29) is 17.8 Å². The summed E-state index contributed by atoms with van der Waals surface area (Å²) in [6, 6.07) is 2.16. The quantitative estimate of drug-likeness (QED) is 0.160. The Hall–Kier alpha value is -1.68. The number of allylic oxidation sites excluding steroid dienone is 4. The molecule has 1 aromatic carbocycles. The maximum atomic E-state index is 13.3. The second-order valence-electron chi connectivity index (χ2n) is 6.60. The van der Waals surface area contributed by atoms with E-state index in [2.05, 4.69) is 6.58 Å². The van der Waals surface area contributed by atoms with Gasteiger partial charge in [-0.15, -0.1) is 0 Å². The molecule has 0 saturated carbocycles. The summed E-state index contributed by atoms with van der Waals surface area (Å²) < 4.78 is 47.0. The molecule has 0 amide bonds. The predicted molar refractivity (Wildman–Crippen MR) is 121 cm³/mol. The number of Topliss-reactive ketones (excluding diaryl/α,β-unsaturated/α-hetero) is 1. The topological polar surface area (TPSA) is 31.2 Å². The number of rotatable bonds is 7. The van der Waals surface area contributed by atoms with E-state index >= 15 is 0 Å². The average Bonchev–Trinajstić information content (AvgIpc) is 3.02. The lowest BCUT2D eigenvalue weighted by Crippen LogP contribution is -2.06. The van der Waals surface area contributed by atoms with E-state index in [1.165, 1.54) is 16.2 Å². The number of benzene rings is 1. The van der Waals surface area contributed by atoms with Gasteiger partial charge in [-0.3, -0.25) is 8.77 Å². The van der Waals surface area contributed by atoms with Crippen molar-refractivity contribution in [2.75, 3.05) is 7.11 Å². The molecular weight excluding hydrogens is 514 g/mol. The number of carbonyl (C=O) groups excluding carboxylic acids is 1. The molecule has 156 valence electrons. The fourth-order valence-electron chi connectivity index (χ4n) is 3.08. The highest BCUT2D eigenvalue weighted by Crippen LogP contribution is 2.37. The summed E-state index contributed by atoms with van der Waals surface area (Å²) in [6.45, 7) is 9.02. The van der Waals surface area contributed by atoms with E-state index in [9.17, 15) is 18.0 Å². The number of aromatic nitrogens is 1. The van der Waals surface area contributed by atoms with Crippen LogP contribution in [-0.4, -0.2) is 16.9 Å². The number of ether oxygens (including phenoxy) is 1. The lowest BCUT2D eigenvalue weighted by Gasteiger charge is -2.11. The van der Waals surface area contributed by atoms with Gasteiger partial charge in [0.15, 0.2) is 5.78 Å². The van der Waals surface area contributed by atoms with Gasteiger partial charge in [-0.25, -0.2) is 0 Å². The van der Waals surface area contributed by atoms with E-state index in [4.69, 9.17) is 4.74 Å². The zero-order valence-corrected chi connectivity index (χ0v) is 19.5. The second-order valence-corrected chi connectivity index (χ2v) is 8.31. The molecule has 0 aliphatic heterocycles. The van der Waals surface area contributed by atoms with Gasteiger partial charge in [-0.2, -0.15) is 13.2 Å². The number of ketones is 1. The minimum Gasteiger partial charge on any atom is -0.496 e. The molecule has 0 unspecified atom stereocenters. The molecule has 2 rings (SSSR count). The first-order valence-corrected chi connectivity index (χ1v) is 12.0. The zero-order chi connectivity index (χ0) is 21.9. The van der Waals surface area contributed by atoms with Gasteiger partial charge in [0, 0.05) is 53.9 Å². The number of hydrogen-bond acceptors (Lipinski definition) is 3. The van der Waals surface area contributed by atoms with Crippen molar-refractivity contribution in [3.05, 3.63) is 70.7 Å². The zero-order valence-electron chi connectivity index (χ0n) is 16.5. The standard InChI is InChI=1S/C21H21F3INO2S/c1-6-14(19(28-5)7-12(2)3)9-18(27)17-11-26(29-25)20-13(4)8-15(10-16(17)20)21(22,23)24/h6-8,10-11H,2,9H2,1,3-5H3/b14-6-,19-7+. The van der Waals surface area contributed by atoms with Gasteiger partial charge in [0.25, 0.3) is 0 Å². The molecule has 0 bridgehead atoms. The van der Waals surface area contributed by atoms with Crippen LogP contribution in [0.3, 0.4) is 0 Å². The molecular formula is C21H21F3INO2S. The minimum absolute atomic E-state index is 0.00374. The highest BCUT2D eigenvalue weighted by Gasteiger charge is 2.32. The van der Waals surface area contributed by atoms with Crippen LogP contribution in [0.15, 0.2) is 54.0 Å². The Morgan fingerprint density at radius 1 is 1.38 bits per heavy atom. The maximum Gasteiger partial charge on any atom is 0.416 e. The Bertz CT molecular complexity index is 1020. The molecule has 8 heteroatoms. The molecule has 0 fully saturated rings. The smallest absolute Gasteiger partial charge is 0.416 e. The van der Waals surface area contributed by atoms with Crippen molar-refractivity contribution in [2.24, 2.45) is 0 Å². The van der Waals surface area contributed by atoms with E-state index in [1.54, 1.807) is 43.1 Å². The van der Waals surface area contributed by atoms with Crippen LogP contribution in [0, 0.1) is 6.92 Å². The van der Waals surface area contributed by atoms with Crippen LogP contribution in [-0.2, 0) is 10.9 Å². The maximum absolute atomic E-state index is 13.3. The SMILES string of the molecule is C=C(C)/C=C(OC)\C(=C/C)CC(=O)c1cn(SI)c2c(C)cc(C(F)(F)F)cc12. The van der Waals surface area contributed by atoms with Crippen molar-refractivity contribution in [1.29, 1.82) is 0 Å². The van der Waals surface area contributed by atoms with Crippen LogP contribution in [0.5, 0.6) is 0 Å². The fourth-order valence-corrected chi connectivity index (χ4v) is 4.46. The Morgan fingerprint density at radius 3 is 2.52 bits per heavy atom. The number of carbonyl (C=O) groups is 1.